The summed E-state index contributed by atoms with van der Waals surface area (Å²) >= 11 is 1.63. The maximum atomic E-state index is 12.2. The van der Waals surface area contributed by atoms with Crippen LogP contribution in [0.1, 0.15) is 33.1 Å². The highest BCUT2D eigenvalue weighted by molar-refractivity contribution is 8.00. The summed E-state index contributed by atoms with van der Waals surface area (Å²) in [6, 6.07) is 2.41. The average molecular weight is 252 g/mol. The normalized spacial score (nSPS) is 29.5. The van der Waals surface area contributed by atoms with Crippen molar-refractivity contribution in [2.24, 2.45) is 11.3 Å². The second-order valence-corrected chi connectivity index (χ2v) is 7.07. The molecule has 0 aromatic rings. The molecule has 0 aromatic heterocycles. The average Bonchev–Trinajstić information content (AvgIpc) is 2.98. The van der Waals surface area contributed by atoms with Crippen LogP contribution in [0.2, 0.25) is 0 Å². The number of amides is 1. The summed E-state index contributed by atoms with van der Waals surface area (Å²) < 4.78 is -0.254. The fourth-order valence-corrected chi connectivity index (χ4v) is 3.24. The molecule has 1 heterocycles. The van der Waals surface area contributed by atoms with Gasteiger partial charge in [-0.3, -0.25) is 4.79 Å². The van der Waals surface area contributed by atoms with Crippen molar-refractivity contribution in [3.63, 3.8) is 0 Å². The monoisotopic (exact) mass is 252 g/mol. The van der Waals surface area contributed by atoms with Crippen molar-refractivity contribution >= 4 is 17.7 Å². The topological polar surface area (TPSA) is 44.1 Å². The smallest absolute Gasteiger partial charge is 0.226 e. The zero-order valence-corrected chi connectivity index (χ0v) is 11.6. The molecule has 2 rings (SSSR count). The summed E-state index contributed by atoms with van der Waals surface area (Å²) in [5.41, 5.74) is 0.209. The second kappa shape index (κ2) is 4.20. The lowest BCUT2D eigenvalue weighted by Gasteiger charge is -2.36. The fourth-order valence-electron chi connectivity index (χ4n) is 2.56. The standard InChI is InChI=1S/C13H20N2OS/c1-12(2)8-10(12)11(16)15-6-4-13(9-14,17-3)5-7-15/h10H,4-8H2,1-3H3. The summed E-state index contributed by atoms with van der Waals surface area (Å²) in [7, 11) is 0. The summed E-state index contributed by atoms with van der Waals surface area (Å²) in [5, 5.41) is 9.20. The van der Waals surface area contributed by atoms with Crippen molar-refractivity contribution in [3.8, 4) is 6.07 Å². The Kier molecular flexibility index (Phi) is 3.15. The predicted molar refractivity (Wildman–Crippen MR) is 69.6 cm³/mol. The van der Waals surface area contributed by atoms with E-state index in [0.29, 0.717) is 5.91 Å². The van der Waals surface area contributed by atoms with E-state index in [2.05, 4.69) is 19.9 Å². The molecule has 0 N–H and O–H groups in total. The van der Waals surface area contributed by atoms with E-state index in [0.717, 1.165) is 32.4 Å². The zero-order valence-electron chi connectivity index (χ0n) is 10.8. The van der Waals surface area contributed by atoms with Gasteiger partial charge >= 0.3 is 0 Å². The van der Waals surface area contributed by atoms with Crippen LogP contribution in [0.25, 0.3) is 0 Å². The van der Waals surface area contributed by atoms with Gasteiger partial charge in [-0.25, -0.2) is 0 Å². The van der Waals surface area contributed by atoms with E-state index in [1.54, 1.807) is 11.8 Å². The Morgan fingerprint density at radius 2 is 1.94 bits per heavy atom. The molecule has 2 aliphatic rings. The minimum absolute atomic E-state index is 0.209. The van der Waals surface area contributed by atoms with Gasteiger partial charge in [0.1, 0.15) is 4.75 Å². The second-order valence-electron chi connectivity index (χ2n) is 5.88. The van der Waals surface area contributed by atoms with Crippen LogP contribution in [0.3, 0.4) is 0 Å². The number of nitriles is 1. The lowest BCUT2D eigenvalue weighted by Crippen LogP contribution is -2.45. The molecule has 1 saturated heterocycles. The van der Waals surface area contributed by atoms with E-state index in [1.807, 2.05) is 11.2 Å². The van der Waals surface area contributed by atoms with Gasteiger partial charge < -0.3 is 4.90 Å². The largest absolute Gasteiger partial charge is 0.342 e. The van der Waals surface area contributed by atoms with Crippen LogP contribution >= 0.6 is 11.8 Å². The first-order valence-electron chi connectivity index (χ1n) is 6.19. The molecular formula is C13H20N2OS. The van der Waals surface area contributed by atoms with Crippen molar-refractivity contribution in [2.75, 3.05) is 19.3 Å². The van der Waals surface area contributed by atoms with E-state index >= 15 is 0 Å². The van der Waals surface area contributed by atoms with Crippen molar-refractivity contribution in [1.82, 2.24) is 4.90 Å². The molecule has 2 fully saturated rings. The molecule has 94 valence electrons. The maximum Gasteiger partial charge on any atom is 0.226 e. The molecule has 4 heteroatoms. The van der Waals surface area contributed by atoms with Crippen LogP contribution in [-0.2, 0) is 4.79 Å². The number of thioether (sulfide) groups is 1. The molecular weight excluding hydrogens is 232 g/mol. The molecule has 0 aromatic carbocycles. The van der Waals surface area contributed by atoms with Gasteiger partial charge in [0, 0.05) is 19.0 Å². The minimum Gasteiger partial charge on any atom is -0.342 e. The van der Waals surface area contributed by atoms with E-state index in [1.165, 1.54) is 0 Å². The number of piperidine rings is 1. The van der Waals surface area contributed by atoms with Crippen LogP contribution in [0.15, 0.2) is 0 Å². The van der Waals surface area contributed by atoms with Gasteiger partial charge in [0.05, 0.1) is 6.07 Å². The number of likely N-dealkylation sites (tertiary alicyclic amines) is 1. The highest BCUT2D eigenvalue weighted by Crippen LogP contribution is 2.52. The summed E-state index contributed by atoms with van der Waals surface area (Å²) in [4.78, 5) is 14.2. The number of carbonyl (C=O) groups excluding carboxylic acids is 1. The Labute approximate surface area is 108 Å². The Bertz CT molecular complexity index is 364. The van der Waals surface area contributed by atoms with Crippen LogP contribution in [0, 0.1) is 22.7 Å². The third-order valence-corrected chi connectivity index (χ3v) is 5.57. The highest BCUT2D eigenvalue weighted by Gasteiger charge is 2.52. The van der Waals surface area contributed by atoms with Crippen molar-refractivity contribution < 1.29 is 4.79 Å². The lowest BCUT2D eigenvalue weighted by atomic mass is 9.96. The molecule has 3 nitrogen and oxygen atoms in total. The molecule has 0 radical (unpaired) electrons. The van der Waals surface area contributed by atoms with Gasteiger partial charge in [0.25, 0.3) is 0 Å². The highest BCUT2D eigenvalue weighted by atomic mass is 32.2. The Balaban J connectivity index is 1.92. The third kappa shape index (κ3) is 2.30. The Hall–Kier alpha value is -0.690. The van der Waals surface area contributed by atoms with E-state index in [9.17, 15) is 10.1 Å². The number of carbonyl (C=O) groups is 1. The number of hydrogen-bond donors (Lipinski definition) is 0. The molecule has 17 heavy (non-hydrogen) atoms. The van der Waals surface area contributed by atoms with Crippen molar-refractivity contribution in [1.29, 1.82) is 5.26 Å². The number of rotatable bonds is 2. The molecule has 1 atom stereocenters. The fraction of sp³-hybridized carbons (Fsp3) is 0.846. The molecule has 1 amide bonds. The van der Waals surface area contributed by atoms with Gasteiger partial charge in [-0.2, -0.15) is 5.26 Å². The van der Waals surface area contributed by atoms with Gasteiger partial charge in [0.15, 0.2) is 0 Å². The molecule has 0 bridgehead atoms. The summed E-state index contributed by atoms with van der Waals surface area (Å²) in [5.74, 6) is 0.536. The van der Waals surface area contributed by atoms with Gasteiger partial charge in [0.2, 0.25) is 5.91 Å². The third-order valence-electron chi connectivity index (χ3n) is 4.29. The van der Waals surface area contributed by atoms with Gasteiger partial charge in [-0.05, 0) is 30.9 Å². The first-order valence-corrected chi connectivity index (χ1v) is 7.42. The zero-order chi connectivity index (χ0) is 12.7. The van der Waals surface area contributed by atoms with Crippen LogP contribution in [0.4, 0.5) is 0 Å². The molecule has 1 aliphatic heterocycles. The lowest BCUT2D eigenvalue weighted by molar-refractivity contribution is -0.134. The molecule has 1 saturated carbocycles. The predicted octanol–water partition coefficient (Wildman–Crippen LogP) is 2.28. The quantitative estimate of drug-likeness (QED) is 0.757. The van der Waals surface area contributed by atoms with Crippen LogP contribution in [-0.4, -0.2) is 34.9 Å². The first-order chi connectivity index (χ1) is 7.94. The van der Waals surface area contributed by atoms with Crippen LogP contribution < -0.4 is 0 Å². The van der Waals surface area contributed by atoms with Gasteiger partial charge in [-0.1, -0.05) is 13.8 Å². The molecule has 1 unspecified atom stereocenters. The van der Waals surface area contributed by atoms with Crippen molar-refractivity contribution in [2.45, 2.75) is 37.9 Å². The molecule has 1 aliphatic carbocycles. The first kappa shape index (κ1) is 12.8. The maximum absolute atomic E-state index is 12.2. The number of hydrogen-bond acceptors (Lipinski definition) is 3. The SMILES string of the molecule is CSC1(C#N)CCN(C(=O)C2CC2(C)C)CC1. The molecule has 0 spiro atoms. The minimum atomic E-state index is -0.254. The van der Waals surface area contributed by atoms with E-state index in [-0.39, 0.29) is 16.1 Å². The Morgan fingerprint density at radius 1 is 1.41 bits per heavy atom. The van der Waals surface area contributed by atoms with E-state index < -0.39 is 0 Å². The summed E-state index contributed by atoms with van der Waals surface area (Å²) in [6.07, 6.45) is 4.63. The van der Waals surface area contributed by atoms with Crippen molar-refractivity contribution in [3.05, 3.63) is 0 Å². The van der Waals surface area contributed by atoms with Gasteiger partial charge in [-0.15, -0.1) is 11.8 Å². The summed E-state index contributed by atoms with van der Waals surface area (Å²) in [6.45, 7) is 5.81. The van der Waals surface area contributed by atoms with Crippen LogP contribution in [0.5, 0.6) is 0 Å². The van der Waals surface area contributed by atoms with E-state index in [4.69, 9.17) is 0 Å². The number of nitrogens with zero attached hydrogens (tertiary/aromatic N) is 2. The Morgan fingerprint density at radius 3 is 2.29 bits per heavy atom.